The second kappa shape index (κ2) is 4.73. The van der Waals surface area contributed by atoms with Crippen LogP contribution in [0.2, 0.25) is 0 Å². The molecular formula is C12H12N4OS. The van der Waals surface area contributed by atoms with E-state index in [1.807, 2.05) is 6.92 Å². The molecule has 0 saturated carbocycles. The van der Waals surface area contributed by atoms with Crippen molar-refractivity contribution < 1.29 is 4.52 Å². The van der Waals surface area contributed by atoms with Gasteiger partial charge < -0.3 is 9.84 Å². The van der Waals surface area contributed by atoms with E-state index in [4.69, 9.17) is 4.52 Å². The minimum absolute atomic E-state index is 0.528. The highest BCUT2D eigenvalue weighted by molar-refractivity contribution is 7.07. The quantitative estimate of drug-likeness (QED) is 0.781. The van der Waals surface area contributed by atoms with E-state index < -0.39 is 0 Å². The molecule has 0 spiro atoms. The normalized spacial score (nSPS) is 10.9. The minimum atomic E-state index is 0.528. The highest BCUT2D eigenvalue weighted by Gasteiger charge is 2.11. The van der Waals surface area contributed by atoms with Crippen LogP contribution in [0.3, 0.4) is 0 Å². The maximum absolute atomic E-state index is 5.10. The third-order valence-corrected chi connectivity index (χ3v) is 3.46. The lowest BCUT2D eigenvalue weighted by atomic mass is 10.2. The van der Waals surface area contributed by atoms with Crippen LogP contribution >= 0.6 is 11.3 Å². The topological polar surface area (TPSA) is 63.8 Å². The van der Waals surface area contributed by atoms with Gasteiger partial charge in [0.25, 0.3) is 5.71 Å². The van der Waals surface area contributed by atoms with E-state index in [0.29, 0.717) is 5.71 Å². The van der Waals surface area contributed by atoms with Gasteiger partial charge in [-0.2, -0.15) is 16.3 Å². The van der Waals surface area contributed by atoms with Crippen molar-refractivity contribution in [3.05, 3.63) is 34.4 Å². The Kier molecular flexibility index (Phi) is 2.93. The number of thiophene rings is 1. The van der Waals surface area contributed by atoms with Crippen molar-refractivity contribution in [1.29, 1.82) is 0 Å². The zero-order valence-corrected chi connectivity index (χ0v) is 10.7. The molecular weight excluding hydrogens is 248 g/mol. The summed E-state index contributed by atoms with van der Waals surface area (Å²) in [6, 6.07) is 2.13. The SMILES string of the molecule is Cc1noc2ncnc(NCCc3ccsc3)c12. The lowest BCUT2D eigenvalue weighted by Crippen LogP contribution is -2.06. The predicted octanol–water partition coefficient (Wildman–Crippen LogP) is 2.64. The summed E-state index contributed by atoms with van der Waals surface area (Å²) in [7, 11) is 0. The standard InChI is InChI=1S/C12H12N4OS/c1-8-10-11(14-7-15-12(10)17-16-8)13-4-2-9-3-5-18-6-9/h3,5-7H,2,4H2,1H3,(H,13,14,15). The summed E-state index contributed by atoms with van der Waals surface area (Å²) in [4.78, 5) is 8.28. The van der Waals surface area contributed by atoms with Crippen molar-refractivity contribution in [2.24, 2.45) is 0 Å². The molecule has 6 heteroatoms. The summed E-state index contributed by atoms with van der Waals surface area (Å²) >= 11 is 1.71. The maximum Gasteiger partial charge on any atom is 0.263 e. The first kappa shape index (κ1) is 11.2. The van der Waals surface area contributed by atoms with Crippen LogP contribution in [-0.4, -0.2) is 21.7 Å². The molecule has 1 N–H and O–H groups in total. The van der Waals surface area contributed by atoms with Crippen molar-refractivity contribution in [1.82, 2.24) is 15.1 Å². The number of nitrogens with zero attached hydrogens (tertiary/aromatic N) is 3. The van der Waals surface area contributed by atoms with E-state index in [1.54, 1.807) is 11.3 Å². The van der Waals surface area contributed by atoms with Gasteiger partial charge in [-0.1, -0.05) is 5.16 Å². The van der Waals surface area contributed by atoms with E-state index in [2.05, 4.69) is 37.3 Å². The van der Waals surface area contributed by atoms with Gasteiger partial charge in [0.1, 0.15) is 17.5 Å². The van der Waals surface area contributed by atoms with E-state index in [9.17, 15) is 0 Å². The molecule has 18 heavy (non-hydrogen) atoms. The second-order valence-electron chi connectivity index (χ2n) is 3.98. The Labute approximate surface area is 108 Å². The lowest BCUT2D eigenvalue weighted by molar-refractivity contribution is 0.442. The van der Waals surface area contributed by atoms with E-state index in [1.165, 1.54) is 11.9 Å². The van der Waals surface area contributed by atoms with Crippen molar-refractivity contribution >= 4 is 28.3 Å². The Hall–Kier alpha value is -1.95. The third kappa shape index (κ3) is 2.06. The monoisotopic (exact) mass is 260 g/mol. The molecule has 3 aromatic rings. The lowest BCUT2D eigenvalue weighted by Gasteiger charge is -2.04. The number of aromatic nitrogens is 3. The van der Waals surface area contributed by atoms with Crippen LogP contribution < -0.4 is 5.32 Å². The zero-order chi connectivity index (χ0) is 12.4. The fourth-order valence-corrected chi connectivity index (χ4v) is 2.52. The molecule has 0 saturated heterocycles. The molecule has 0 amide bonds. The molecule has 3 aromatic heterocycles. The van der Waals surface area contributed by atoms with Gasteiger partial charge in [0.05, 0.1) is 5.69 Å². The Morgan fingerprint density at radius 3 is 3.17 bits per heavy atom. The summed E-state index contributed by atoms with van der Waals surface area (Å²) in [5.41, 5.74) is 2.67. The summed E-state index contributed by atoms with van der Waals surface area (Å²) in [5, 5.41) is 12.3. The Morgan fingerprint density at radius 1 is 1.39 bits per heavy atom. The molecule has 5 nitrogen and oxygen atoms in total. The van der Waals surface area contributed by atoms with Crippen LogP contribution in [0, 0.1) is 6.92 Å². The predicted molar refractivity (Wildman–Crippen MR) is 70.8 cm³/mol. The number of anilines is 1. The molecule has 0 aromatic carbocycles. The summed E-state index contributed by atoms with van der Waals surface area (Å²) < 4.78 is 5.10. The summed E-state index contributed by atoms with van der Waals surface area (Å²) in [5.74, 6) is 0.786. The van der Waals surface area contributed by atoms with E-state index in [-0.39, 0.29) is 0 Å². The minimum Gasteiger partial charge on any atom is -0.369 e. The van der Waals surface area contributed by atoms with Gasteiger partial charge in [-0.15, -0.1) is 0 Å². The van der Waals surface area contributed by atoms with Crippen LogP contribution in [-0.2, 0) is 6.42 Å². The van der Waals surface area contributed by atoms with Gasteiger partial charge in [-0.3, -0.25) is 0 Å². The Morgan fingerprint density at radius 2 is 2.33 bits per heavy atom. The second-order valence-corrected chi connectivity index (χ2v) is 4.76. The maximum atomic E-state index is 5.10. The van der Waals surface area contributed by atoms with Gasteiger partial charge in [-0.25, -0.2) is 4.98 Å². The molecule has 0 radical (unpaired) electrons. The molecule has 0 atom stereocenters. The first-order valence-corrected chi connectivity index (χ1v) is 6.61. The number of nitrogens with one attached hydrogen (secondary N) is 1. The van der Waals surface area contributed by atoms with Gasteiger partial charge in [0, 0.05) is 6.54 Å². The molecule has 0 aliphatic rings. The van der Waals surface area contributed by atoms with Crippen LogP contribution in [0.4, 0.5) is 5.82 Å². The number of aryl methyl sites for hydroxylation is 1. The molecule has 0 aliphatic carbocycles. The number of rotatable bonds is 4. The fourth-order valence-electron chi connectivity index (χ4n) is 1.82. The average molecular weight is 260 g/mol. The van der Waals surface area contributed by atoms with Gasteiger partial charge in [-0.05, 0) is 35.7 Å². The first-order valence-electron chi connectivity index (χ1n) is 5.66. The summed E-state index contributed by atoms with van der Waals surface area (Å²) in [6.07, 6.45) is 2.46. The van der Waals surface area contributed by atoms with Crippen LogP contribution in [0.1, 0.15) is 11.3 Å². The molecule has 0 bridgehead atoms. The van der Waals surface area contributed by atoms with Crippen molar-refractivity contribution in [2.75, 3.05) is 11.9 Å². The fraction of sp³-hybridized carbons (Fsp3) is 0.250. The van der Waals surface area contributed by atoms with Crippen molar-refractivity contribution in [2.45, 2.75) is 13.3 Å². The van der Waals surface area contributed by atoms with Gasteiger partial charge >= 0.3 is 0 Å². The molecule has 3 heterocycles. The highest BCUT2D eigenvalue weighted by atomic mass is 32.1. The van der Waals surface area contributed by atoms with Crippen LogP contribution in [0.25, 0.3) is 11.1 Å². The third-order valence-electron chi connectivity index (χ3n) is 2.73. The zero-order valence-electron chi connectivity index (χ0n) is 9.88. The van der Waals surface area contributed by atoms with Crippen molar-refractivity contribution in [3.63, 3.8) is 0 Å². The highest BCUT2D eigenvalue weighted by Crippen LogP contribution is 2.22. The first-order chi connectivity index (χ1) is 8.84. The van der Waals surface area contributed by atoms with E-state index >= 15 is 0 Å². The largest absolute Gasteiger partial charge is 0.369 e. The number of hydrogen-bond donors (Lipinski definition) is 1. The molecule has 92 valence electrons. The number of hydrogen-bond acceptors (Lipinski definition) is 6. The van der Waals surface area contributed by atoms with Crippen molar-refractivity contribution in [3.8, 4) is 0 Å². The molecule has 0 aliphatic heterocycles. The summed E-state index contributed by atoms with van der Waals surface area (Å²) in [6.45, 7) is 2.71. The van der Waals surface area contributed by atoms with E-state index in [0.717, 1.165) is 29.9 Å². The smallest absolute Gasteiger partial charge is 0.263 e. The van der Waals surface area contributed by atoms with Gasteiger partial charge in [0.15, 0.2) is 0 Å². The number of fused-ring (bicyclic) bond motifs is 1. The van der Waals surface area contributed by atoms with Crippen LogP contribution in [0.15, 0.2) is 27.7 Å². The van der Waals surface area contributed by atoms with Gasteiger partial charge in [0.2, 0.25) is 0 Å². The Balaban J connectivity index is 1.76. The average Bonchev–Trinajstić information content (AvgIpc) is 3.00. The molecule has 0 unspecified atom stereocenters. The molecule has 0 fully saturated rings. The Bertz CT molecular complexity index is 647. The van der Waals surface area contributed by atoms with Crippen LogP contribution in [0.5, 0.6) is 0 Å². The molecule has 3 rings (SSSR count).